The van der Waals surface area contributed by atoms with Crippen molar-refractivity contribution in [3.63, 3.8) is 0 Å². The van der Waals surface area contributed by atoms with E-state index in [1.807, 2.05) is 0 Å². The van der Waals surface area contributed by atoms with E-state index in [2.05, 4.69) is 5.32 Å². The molecule has 0 aliphatic rings. The summed E-state index contributed by atoms with van der Waals surface area (Å²) in [5, 5.41) is 24.4. The largest absolute Gasteiger partial charge is 0.316 e. The molecule has 0 aromatic heterocycles. The van der Waals surface area contributed by atoms with E-state index < -0.39 is 9.85 Å². The van der Waals surface area contributed by atoms with Gasteiger partial charge < -0.3 is 5.32 Å². The lowest BCUT2D eigenvalue weighted by Crippen LogP contribution is -2.20. The molecule has 2 rings (SSSR count). The van der Waals surface area contributed by atoms with Crippen molar-refractivity contribution < 1.29 is 9.85 Å². The number of nitrogens with zero attached hydrogens (tertiary/aromatic N) is 2. The van der Waals surface area contributed by atoms with Crippen LogP contribution in [0.15, 0.2) is 48.5 Å². The summed E-state index contributed by atoms with van der Waals surface area (Å²) >= 11 is 0. The van der Waals surface area contributed by atoms with Gasteiger partial charge in [-0.2, -0.15) is 0 Å². The zero-order valence-corrected chi connectivity index (χ0v) is 12.5. The quantitative estimate of drug-likeness (QED) is 0.459. The van der Waals surface area contributed by atoms with Gasteiger partial charge in [0.1, 0.15) is 0 Å². The first kappa shape index (κ1) is 16.6. The molecule has 0 unspecified atom stereocenters. The molecule has 1 N–H and O–H groups in total. The molecule has 2 aromatic rings. The van der Waals surface area contributed by atoms with E-state index in [-0.39, 0.29) is 11.4 Å². The molecule has 0 fully saturated rings. The Bertz CT molecular complexity index is 609. The number of hydrogen-bond donors (Lipinski definition) is 1. The van der Waals surface area contributed by atoms with Crippen molar-refractivity contribution in [2.75, 3.05) is 13.1 Å². The molecule has 0 radical (unpaired) electrons. The van der Waals surface area contributed by atoms with Gasteiger partial charge in [0, 0.05) is 24.3 Å². The second kappa shape index (κ2) is 8.00. The summed E-state index contributed by atoms with van der Waals surface area (Å²) in [5.41, 5.74) is 2.27. The second-order valence-corrected chi connectivity index (χ2v) is 5.10. The summed E-state index contributed by atoms with van der Waals surface area (Å²) in [6.45, 7) is 1.54. The predicted octanol–water partition coefficient (Wildman–Crippen LogP) is 2.88. The topological polar surface area (TPSA) is 98.3 Å². The minimum Gasteiger partial charge on any atom is -0.316 e. The van der Waals surface area contributed by atoms with Crippen molar-refractivity contribution in [2.24, 2.45) is 0 Å². The van der Waals surface area contributed by atoms with Gasteiger partial charge in [-0.3, -0.25) is 20.2 Å². The molecule has 0 spiro atoms. The van der Waals surface area contributed by atoms with Crippen LogP contribution >= 0.6 is 0 Å². The Morgan fingerprint density at radius 1 is 0.696 bits per heavy atom. The Hall–Kier alpha value is -2.80. The summed E-state index contributed by atoms with van der Waals surface area (Å²) in [4.78, 5) is 20.3. The highest BCUT2D eigenvalue weighted by molar-refractivity contribution is 5.33. The summed E-state index contributed by atoms with van der Waals surface area (Å²) in [6.07, 6.45) is 1.58. The maximum absolute atomic E-state index is 10.6. The van der Waals surface area contributed by atoms with Crippen LogP contribution in [-0.2, 0) is 12.8 Å². The molecule has 0 aliphatic heterocycles. The molecule has 7 nitrogen and oxygen atoms in total. The predicted molar refractivity (Wildman–Crippen MR) is 86.5 cm³/mol. The minimum atomic E-state index is -0.410. The lowest BCUT2D eigenvalue weighted by atomic mass is 10.1. The Kier molecular flexibility index (Phi) is 5.76. The molecular weight excluding hydrogens is 298 g/mol. The van der Waals surface area contributed by atoms with Crippen LogP contribution in [0.3, 0.4) is 0 Å². The smallest absolute Gasteiger partial charge is 0.269 e. The lowest BCUT2D eigenvalue weighted by molar-refractivity contribution is -0.385. The number of benzene rings is 2. The SMILES string of the molecule is O=[N+]([O-])c1ccc(CCNCCc2ccc([N+](=O)[O-])cc2)cc1. The fourth-order valence-electron chi connectivity index (χ4n) is 2.16. The first-order chi connectivity index (χ1) is 11.1. The monoisotopic (exact) mass is 315 g/mol. The molecule has 7 heteroatoms. The normalized spacial score (nSPS) is 10.4. The van der Waals surface area contributed by atoms with Crippen LogP contribution in [0.5, 0.6) is 0 Å². The molecule has 0 heterocycles. The number of nitro groups is 2. The first-order valence-electron chi connectivity index (χ1n) is 7.23. The summed E-state index contributed by atoms with van der Waals surface area (Å²) in [5.74, 6) is 0. The molecule has 2 aromatic carbocycles. The summed E-state index contributed by atoms with van der Waals surface area (Å²) in [7, 11) is 0. The average Bonchev–Trinajstić information content (AvgIpc) is 2.55. The van der Waals surface area contributed by atoms with Crippen molar-refractivity contribution in [3.05, 3.63) is 79.9 Å². The highest BCUT2D eigenvalue weighted by Crippen LogP contribution is 2.13. The van der Waals surface area contributed by atoms with Crippen LogP contribution in [0.4, 0.5) is 11.4 Å². The molecule has 0 saturated carbocycles. The number of nitro benzene ring substituents is 2. The Morgan fingerprint density at radius 3 is 1.35 bits per heavy atom. The van der Waals surface area contributed by atoms with Gasteiger partial charge in [-0.15, -0.1) is 0 Å². The number of rotatable bonds is 8. The van der Waals surface area contributed by atoms with E-state index in [4.69, 9.17) is 0 Å². The van der Waals surface area contributed by atoms with Crippen molar-refractivity contribution in [1.82, 2.24) is 5.32 Å². The zero-order valence-electron chi connectivity index (χ0n) is 12.5. The van der Waals surface area contributed by atoms with E-state index in [0.717, 1.165) is 37.1 Å². The third-order valence-electron chi connectivity index (χ3n) is 3.48. The molecule has 120 valence electrons. The average molecular weight is 315 g/mol. The van der Waals surface area contributed by atoms with E-state index in [1.54, 1.807) is 24.3 Å². The van der Waals surface area contributed by atoms with Crippen LogP contribution in [-0.4, -0.2) is 22.9 Å². The second-order valence-electron chi connectivity index (χ2n) is 5.10. The van der Waals surface area contributed by atoms with E-state index >= 15 is 0 Å². The van der Waals surface area contributed by atoms with Crippen molar-refractivity contribution in [3.8, 4) is 0 Å². The van der Waals surface area contributed by atoms with Gasteiger partial charge in [0.15, 0.2) is 0 Å². The standard InChI is InChI=1S/C16H17N3O4/c20-18(21)15-5-1-13(2-6-15)9-11-17-12-10-14-3-7-16(8-4-14)19(22)23/h1-8,17H,9-12H2. The third-order valence-corrected chi connectivity index (χ3v) is 3.48. The van der Waals surface area contributed by atoms with Gasteiger partial charge in [-0.1, -0.05) is 24.3 Å². The van der Waals surface area contributed by atoms with Gasteiger partial charge in [-0.05, 0) is 37.1 Å². The summed E-state index contributed by atoms with van der Waals surface area (Å²) in [6, 6.07) is 13.1. The number of hydrogen-bond acceptors (Lipinski definition) is 5. The fourth-order valence-corrected chi connectivity index (χ4v) is 2.16. The van der Waals surface area contributed by atoms with Crippen molar-refractivity contribution in [1.29, 1.82) is 0 Å². The van der Waals surface area contributed by atoms with Crippen LogP contribution in [0, 0.1) is 20.2 Å². The summed E-state index contributed by atoms with van der Waals surface area (Å²) < 4.78 is 0. The van der Waals surface area contributed by atoms with Crippen molar-refractivity contribution in [2.45, 2.75) is 12.8 Å². The maximum Gasteiger partial charge on any atom is 0.269 e. The van der Waals surface area contributed by atoms with E-state index in [9.17, 15) is 20.2 Å². The molecule has 0 amide bonds. The number of nitrogens with one attached hydrogen (secondary N) is 1. The molecule has 0 atom stereocenters. The molecule has 0 saturated heterocycles. The van der Waals surface area contributed by atoms with E-state index in [0.29, 0.717) is 0 Å². The third kappa shape index (κ3) is 5.15. The minimum absolute atomic E-state index is 0.0971. The van der Waals surface area contributed by atoms with Crippen LogP contribution in [0.2, 0.25) is 0 Å². The van der Waals surface area contributed by atoms with Gasteiger partial charge in [0.05, 0.1) is 9.85 Å². The van der Waals surface area contributed by atoms with Gasteiger partial charge >= 0.3 is 0 Å². The molecule has 0 bridgehead atoms. The molecule has 0 aliphatic carbocycles. The van der Waals surface area contributed by atoms with Crippen LogP contribution < -0.4 is 5.32 Å². The Balaban J connectivity index is 1.69. The Morgan fingerprint density at radius 2 is 1.04 bits per heavy atom. The Labute approximate surface area is 133 Å². The fraction of sp³-hybridized carbons (Fsp3) is 0.250. The van der Waals surface area contributed by atoms with Gasteiger partial charge in [0.25, 0.3) is 11.4 Å². The number of non-ortho nitro benzene ring substituents is 2. The molecule has 23 heavy (non-hydrogen) atoms. The molecular formula is C16H17N3O4. The highest BCUT2D eigenvalue weighted by atomic mass is 16.6. The van der Waals surface area contributed by atoms with E-state index in [1.165, 1.54) is 24.3 Å². The lowest BCUT2D eigenvalue weighted by Gasteiger charge is -2.05. The van der Waals surface area contributed by atoms with Gasteiger partial charge in [-0.25, -0.2) is 0 Å². The zero-order chi connectivity index (χ0) is 16.7. The van der Waals surface area contributed by atoms with Crippen molar-refractivity contribution >= 4 is 11.4 Å². The van der Waals surface area contributed by atoms with Crippen LogP contribution in [0.25, 0.3) is 0 Å². The van der Waals surface area contributed by atoms with Gasteiger partial charge in [0.2, 0.25) is 0 Å². The highest BCUT2D eigenvalue weighted by Gasteiger charge is 2.04. The maximum atomic E-state index is 10.6. The van der Waals surface area contributed by atoms with Crippen LogP contribution in [0.1, 0.15) is 11.1 Å². The first-order valence-corrected chi connectivity index (χ1v) is 7.23.